The summed E-state index contributed by atoms with van der Waals surface area (Å²) in [6.07, 6.45) is -0.460. The van der Waals surface area contributed by atoms with Crippen LogP contribution < -0.4 is 5.32 Å². The first-order valence-electron chi connectivity index (χ1n) is 7.59. The molecular weight excluding hydrogens is 294 g/mol. The molecular formula is C17H23N3O3. The lowest BCUT2D eigenvalue weighted by Gasteiger charge is -2.19. The molecule has 1 aromatic heterocycles. The number of aliphatic hydroxyl groups is 1. The first-order valence-corrected chi connectivity index (χ1v) is 7.59. The van der Waals surface area contributed by atoms with Crippen molar-refractivity contribution in [3.05, 3.63) is 42.1 Å². The minimum atomic E-state index is -0.521. The van der Waals surface area contributed by atoms with Gasteiger partial charge in [0.05, 0.1) is 24.5 Å². The van der Waals surface area contributed by atoms with Crippen molar-refractivity contribution in [2.45, 2.75) is 39.5 Å². The summed E-state index contributed by atoms with van der Waals surface area (Å²) in [5, 5.41) is 16.6. The number of nitrogens with zero attached hydrogens (tertiary/aromatic N) is 2. The van der Waals surface area contributed by atoms with Crippen LogP contribution in [0.4, 0.5) is 4.79 Å². The van der Waals surface area contributed by atoms with E-state index in [0.717, 1.165) is 11.3 Å². The fourth-order valence-electron chi connectivity index (χ4n) is 2.10. The zero-order chi connectivity index (χ0) is 16.9. The maximum Gasteiger partial charge on any atom is 0.407 e. The van der Waals surface area contributed by atoms with Gasteiger partial charge in [-0.05, 0) is 26.8 Å². The molecule has 0 saturated heterocycles. The topological polar surface area (TPSA) is 76.4 Å². The number of hydrogen-bond acceptors (Lipinski definition) is 4. The molecule has 1 amide bonds. The minimum Gasteiger partial charge on any atom is -0.444 e. The van der Waals surface area contributed by atoms with Gasteiger partial charge in [0, 0.05) is 12.1 Å². The van der Waals surface area contributed by atoms with Crippen molar-refractivity contribution in [1.82, 2.24) is 15.1 Å². The Morgan fingerprint density at radius 3 is 2.61 bits per heavy atom. The second kappa shape index (κ2) is 7.28. The van der Waals surface area contributed by atoms with Crippen LogP contribution >= 0.6 is 0 Å². The van der Waals surface area contributed by atoms with Crippen LogP contribution in [0.25, 0.3) is 11.3 Å². The summed E-state index contributed by atoms with van der Waals surface area (Å²) in [4.78, 5) is 11.6. The van der Waals surface area contributed by atoms with Crippen molar-refractivity contribution >= 4 is 6.09 Å². The molecule has 2 aromatic rings. The van der Waals surface area contributed by atoms with Gasteiger partial charge >= 0.3 is 6.09 Å². The van der Waals surface area contributed by atoms with Gasteiger partial charge in [-0.1, -0.05) is 30.3 Å². The van der Waals surface area contributed by atoms with Gasteiger partial charge < -0.3 is 15.2 Å². The summed E-state index contributed by atoms with van der Waals surface area (Å²) in [7, 11) is 0. The quantitative estimate of drug-likeness (QED) is 0.888. The van der Waals surface area contributed by atoms with Gasteiger partial charge in [-0.3, -0.25) is 4.68 Å². The third-order valence-electron chi connectivity index (χ3n) is 3.09. The first-order chi connectivity index (χ1) is 10.9. The van der Waals surface area contributed by atoms with Crippen molar-refractivity contribution in [3.63, 3.8) is 0 Å². The maximum atomic E-state index is 11.6. The maximum absolute atomic E-state index is 11.6. The van der Waals surface area contributed by atoms with Gasteiger partial charge in [-0.15, -0.1) is 0 Å². The fraction of sp³-hybridized carbons (Fsp3) is 0.412. The van der Waals surface area contributed by atoms with Gasteiger partial charge in [0.25, 0.3) is 0 Å². The Hall–Kier alpha value is -2.34. The molecule has 0 aliphatic rings. The summed E-state index contributed by atoms with van der Waals surface area (Å²) in [5.74, 6) is 0. The predicted molar refractivity (Wildman–Crippen MR) is 87.8 cm³/mol. The normalized spacial score (nSPS) is 11.3. The number of aromatic nitrogens is 2. The van der Waals surface area contributed by atoms with E-state index in [4.69, 9.17) is 4.74 Å². The number of amides is 1. The SMILES string of the molecule is CC(C)(C)OC(=O)NCCn1nc(-c2ccccc2)cc1CO. The molecule has 1 aromatic carbocycles. The molecule has 2 N–H and O–H groups in total. The van der Waals surface area contributed by atoms with E-state index < -0.39 is 11.7 Å². The minimum absolute atomic E-state index is 0.105. The molecule has 0 bridgehead atoms. The highest BCUT2D eigenvalue weighted by Crippen LogP contribution is 2.18. The van der Waals surface area contributed by atoms with E-state index in [-0.39, 0.29) is 6.61 Å². The molecule has 23 heavy (non-hydrogen) atoms. The third-order valence-corrected chi connectivity index (χ3v) is 3.09. The number of alkyl carbamates (subject to hydrolysis) is 1. The lowest BCUT2D eigenvalue weighted by Crippen LogP contribution is -2.34. The first kappa shape index (κ1) is 17.0. The number of ether oxygens (including phenoxy) is 1. The van der Waals surface area contributed by atoms with E-state index in [1.54, 1.807) is 4.68 Å². The van der Waals surface area contributed by atoms with Crippen molar-refractivity contribution in [2.75, 3.05) is 6.54 Å². The van der Waals surface area contributed by atoms with E-state index in [0.29, 0.717) is 18.8 Å². The largest absolute Gasteiger partial charge is 0.444 e. The molecule has 2 rings (SSSR count). The highest BCUT2D eigenvalue weighted by Gasteiger charge is 2.16. The molecule has 0 aliphatic heterocycles. The number of nitrogens with one attached hydrogen (secondary N) is 1. The molecule has 0 fully saturated rings. The average molecular weight is 317 g/mol. The Kier molecular flexibility index (Phi) is 5.39. The van der Waals surface area contributed by atoms with E-state index in [2.05, 4.69) is 10.4 Å². The number of aliphatic hydroxyl groups excluding tert-OH is 1. The Bertz CT molecular complexity index is 645. The number of rotatable bonds is 5. The summed E-state index contributed by atoms with van der Waals surface area (Å²) < 4.78 is 6.87. The van der Waals surface area contributed by atoms with E-state index in [9.17, 15) is 9.90 Å². The van der Waals surface area contributed by atoms with Gasteiger partial charge in [-0.2, -0.15) is 5.10 Å². The van der Waals surface area contributed by atoms with Crippen LogP contribution in [0.2, 0.25) is 0 Å². The van der Waals surface area contributed by atoms with Crippen LogP contribution in [0.15, 0.2) is 36.4 Å². The molecule has 6 heteroatoms. The monoisotopic (exact) mass is 317 g/mol. The molecule has 0 saturated carbocycles. The summed E-state index contributed by atoms with van der Waals surface area (Å²) >= 11 is 0. The smallest absolute Gasteiger partial charge is 0.407 e. The van der Waals surface area contributed by atoms with E-state index >= 15 is 0 Å². The molecule has 0 spiro atoms. The number of hydrogen-bond donors (Lipinski definition) is 2. The number of carbonyl (C=O) groups is 1. The Balaban J connectivity index is 1.98. The van der Waals surface area contributed by atoms with Gasteiger partial charge in [0.1, 0.15) is 5.60 Å². The van der Waals surface area contributed by atoms with E-state index in [1.165, 1.54) is 0 Å². The predicted octanol–water partition coefficient (Wildman–Crippen LogP) is 2.57. The summed E-state index contributed by atoms with van der Waals surface area (Å²) in [6.45, 7) is 6.17. The van der Waals surface area contributed by atoms with Crippen LogP contribution in [0, 0.1) is 0 Å². The number of benzene rings is 1. The molecule has 0 unspecified atom stereocenters. The lowest BCUT2D eigenvalue weighted by molar-refractivity contribution is 0.0525. The van der Waals surface area contributed by atoms with Gasteiger partial charge in [0.15, 0.2) is 0 Å². The molecule has 0 atom stereocenters. The van der Waals surface area contributed by atoms with Crippen molar-refractivity contribution < 1.29 is 14.6 Å². The van der Waals surface area contributed by atoms with Crippen LogP contribution in [-0.4, -0.2) is 33.1 Å². The molecule has 0 aliphatic carbocycles. The zero-order valence-electron chi connectivity index (χ0n) is 13.7. The Labute approximate surface area is 136 Å². The molecule has 6 nitrogen and oxygen atoms in total. The number of carbonyl (C=O) groups excluding carboxylic acids is 1. The van der Waals surface area contributed by atoms with Crippen molar-refractivity contribution in [1.29, 1.82) is 0 Å². The second-order valence-electron chi connectivity index (χ2n) is 6.20. The van der Waals surface area contributed by atoms with Crippen molar-refractivity contribution in [2.24, 2.45) is 0 Å². The lowest BCUT2D eigenvalue weighted by atomic mass is 10.1. The summed E-state index contributed by atoms with van der Waals surface area (Å²) in [5.41, 5.74) is 1.97. The Morgan fingerprint density at radius 2 is 2.00 bits per heavy atom. The standard InChI is InChI=1S/C17H23N3O3/c1-17(2,3)23-16(22)18-9-10-20-14(12-21)11-15(19-20)13-7-5-4-6-8-13/h4-8,11,21H,9-10,12H2,1-3H3,(H,18,22). The Morgan fingerprint density at radius 1 is 1.30 bits per heavy atom. The van der Waals surface area contributed by atoms with Gasteiger partial charge in [0.2, 0.25) is 0 Å². The molecule has 124 valence electrons. The van der Waals surface area contributed by atoms with E-state index in [1.807, 2.05) is 57.2 Å². The highest BCUT2D eigenvalue weighted by atomic mass is 16.6. The van der Waals surface area contributed by atoms with Crippen LogP contribution in [0.5, 0.6) is 0 Å². The third kappa shape index (κ3) is 5.10. The van der Waals surface area contributed by atoms with Crippen LogP contribution in [-0.2, 0) is 17.9 Å². The van der Waals surface area contributed by atoms with Crippen molar-refractivity contribution in [3.8, 4) is 11.3 Å². The zero-order valence-corrected chi connectivity index (χ0v) is 13.7. The van der Waals surface area contributed by atoms with Crippen LogP contribution in [0.1, 0.15) is 26.5 Å². The second-order valence-corrected chi connectivity index (χ2v) is 6.20. The molecule has 0 radical (unpaired) electrons. The summed E-state index contributed by atoms with van der Waals surface area (Å²) in [6, 6.07) is 11.6. The van der Waals surface area contributed by atoms with Gasteiger partial charge in [-0.25, -0.2) is 4.79 Å². The highest BCUT2D eigenvalue weighted by molar-refractivity contribution is 5.67. The average Bonchev–Trinajstić information content (AvgIpc) is 2.89. The van der Waals surface area contributed by atoms with Crippen LogP contribution in [0.3, 0.4) is 0 Å². The molecule has 1 heterocycles. The fourth-order valence-corrected chi connectivity index (χ4v) is 2.10.